The van der Waals surface area contributed by atoms with Crippen LogP contribution in [0.25, 0.3) is 10.6 Å². The van der Waals surface area contributed by atoms with E-state index in [2.05, 4.69) is 22.6 Å². The molecule has 0 saturated carbocycles. The van der Waals surface area contributed by atoms with Gasteiger partial charge in [-0.3, -0.25) is 0 Å². The third-order valence-electron chi connectivity index (χ3n) is 1.41. The Balaban J connectivity index is -0.000000105. The Morgan fingerprint density at radius 1 is 0.842 bits per heavy atom. The summed E-state index contributed by atoms with van der Waals surface area (Å²) in [6.45, 7) is 10.8. The summed E-state index contributed by atoms with van der Waals surface area (Å²) in [4.78, 5) is 2.24. The van der Waals surface area contributed by atoms with Gasteiger partial charge < -0.3 is 25.7 Å². The number of rotatable bonds is 6. The smallest absolute Gasteiger partial charge is 0.0483 e. The number of likely N-dealkylation sites (N-methyl/N-ethyl adjacent to an activating group) is 3. The zero-order valence-electron chi connectivity index (χ0n) is 13.7. The molecule has 0 atom stereocenters. The van der Waals surface area contributed by atoms with Crippen molar-refractivity contribution in [3.8, 4) is 0 Å². The molecule has 19 heavy (non-hydrogen) atoms. The second kappa shape index (κ2) is 23.7. The van der Waals surface area contributed by atoms with E-state index in [9.17, 15) is 0 Å². The van der Waals surface area contributed by atoms with Crippen molar-refractivity contribution in [3.63, 3.8) is 0 Å². The van der Waals surface area contributed by atoms with Crippen LogP contribution in [0.1, 0.15) is 27.7 Å². The normalized spacial score (nSPS) is 9.47. The quantitative estimate of drug-likeness (QED) is 0.616. The topological polar surface area (TPSA) is 71.9 Å². The monoisotopic (exact) mass is 443 g/mol. The van der Waals surface area contributed by atoms with E-state index in [1.807, 2.05) is 14.1 Å². The van der Waals surface area contributed by atoms with E-state index < -0.39 is 0 Å². The van der Waals surface area contributed by atoms with Crippen LogP contribution in [0.15, 0.2) is 0 Å². The molecular formula is C13H33HfN3O2-2. The molecule has 0 spiro atoms. The molecule has 0 aliphatic rings. The van der Waals surface area contributed by atoms with Crippen molar-refractivity contribution in [2.45, 2.75) is 39.9 Å². The molecule has 0 aliphatic heterocycles. The van der Waals surface area contributed by atoms with Crippen molar-refractivity contribution in [1.82, 2.24) is 4.90 Å². The van der Waals surface area contributed by atoms with E-state index in [1.54, 1.807) is 27.7 Å². The van der Waals surface area contributed by atoms with E-state index in [0.717, 1.165) is 26.2 Å². The predicted octanol–water partition coefficient (Wildman–Crippen LogP) is 1.70. The molecule has 0 fully saturated rings. The molecule has 2 N–H and O–H groups in total. The first-order chi connectivity index (χ1) is 8.27. The maximum absolute atomic E-state index is 8.06. The van der Waals surface area contributed by atoms with Crippen molar-refractivity contribution in [1.29, 1.82) is 0 Å². The Morgan fingerprint density at radius 3 is 1.21 bits per heavy atom. The van der Waals surface area contributed by atoms with Crippen LogP contribution in [0.3, 0.4) is 0 Å². The van der Waals surface area contributed by atoms with Crippen LogP contribution in [0, 0.1) is 0 Å². The van der Waals surface area contributed by atoms with Gasteiger partial charge in [-0.25, -0.2) is 0 Å². The fraction of sp³-hybridized carbons (Fsp3) is 1.00. The summed E-state index contributed by atoms with van der Waals surface area (Å²) in [5.41, 5.74) is 0. The largest absolute Gasteiger partial charge is 0.664 e. The van der Waals surface area contributed by atoms with Crippen molar-refractivity contribution < 1.29 is 36.1 Å². The average Bonchev–Trinajstić information content (AvgIpc) is 2.21. The Labute approximate surface area is 138 Å². The zero-order chi connectivity index (χ0) is 15.0. The third-order valence-corrected chi connectivity index (χ3v) is 1.41. The zero-order valence-corrected chi connectivity index (χ0v) is 17.3. The van der Waals surface area contributed by atoms with Gasteiger partial charge in [-0.05, 0) is 47.8 Å². The van der Waals surface area contributed by atoms with Crippen molar-refractivity contribution in [2.75, 3.05) is 47.3 Å². The SMILES string of the molecule is CC(C)O.CC(C)O.C[N-]CCN(C)CC[N-]C.[Hf]. The van der Waals surface area contributed by atoms with E-state index in [0.29, 0.717) is 0 Å². The molecular weight excluding hydrogens is 409 g/mol. The molecule has 0 heterocycles. The molecule has 0 amide bonds. The van der Waals surface area contributed by atoms with E-state index in [1.165, 1.54) is 0 Å². The third kappa shape index (κ3) is 69.0. The van der Waals surface area contributed by atoms with Gasteiger partial charge in [0.1, 0.15) is 0 Å². The average molecular weight is 442 g/mol. The molecule has 118 valence electrons. The maximum Gasteiger partial charge on any atom is 0.0483 e. The van der Waals surface area contributed by atoms with Crippen LogP contribution >= 0.6 is 0 Å². The summed E-state index contributed by atoms with van der Waals surface area (Å²) < 4.78 is 0. The van der Waals surface area contributed by atoms with Crippen LogP contribution in [0.4, 0.5) is 0 Å². The summed E-state index contributed by atoms with van der Waals surface area (Å²) >= 11 is 0. The minimum atomic E-state index is -0.167. The van der Waals surface area contributed by atoms with Gasteiger partial charge in [-0.1, -0.05) is 0 Å². The molecule has 0 bridgehead atoms. The minimum Gasteiger partial charge on any atom is -0.664 e. The van der Waals surface area contributed by atoms with Crippen LogP contribution in [0.5, 0.6) is 0 Å². The van der Waals surface area contributed by atoms with Crippen LogP contribution in [-0.4, -0.2) is 74.6 Å². The summed E-state index contributed by atoms with van der Waals surface area (Å²) in [6, 6.07) is 0. The Bertz CT molecular complexity index is 120. The van der Waals surface area contributed by atoms with E-state index in [4.69, 9.17) is 10.2 Å². The second-order valence-electron chi connectivity index (χ2n) is 4.57. The molecule has 0 rings (SSSR count). The Kier molecular flexibility index (Phi) is 34.9. The predicted molar refractivity (Wildman–Crippen MR) is 80.5 cm³/mol. The summed E-state index contributed by atoms with van der Waals surface area (Å²) in [6.07, 6.45) is -0.333. The van der Waals surface area contributed by atoms with Gasteiger partial charge in [-0.2, -0.15) is 14.1 Å². The molecule has 0 radical (unpaired) electrons. The van der Waals surface area contributed by atoms with Gasteiger partial charge in [-0.15, -0.1) is 13.1 Å². The molecule has 5 nitrogen and oxygen atoms in total. The van der Waals surface area contributed by atoms with Crippen molar-refractivity contribution >= 4 is 0 Å². The van der Waals surface area contributed by atoms with E-state index in [-0.39, 0.29) is 38.1 Å². The molecule has 0 aromatic heterocycles. The van der Waals surface area contributed by atoms with Gasteiger partial charge in [0.25, 0.3) is 0 Å². The van der Waals surface area contributed by atoms with Gasteiger partial charge >= 0.3 is 0 Å². The number of hydrogen-bond acceptors (Lipinski definition) is 3. The van der Waals surface area contributed by atoms with Gasteiger partial charge in [0, 0.05) is 38.1 Å². The molecule has 0 aromatic rings. The second-order valence-corrected chi connectivity index (χ2v) is 4.57. The Hall–Kier alpha value is 0.670. The minimum absolute atomic E-state index is 0. The van der Waals surface area contributed by atoms with Crippen LogP contribution in [0.2, 0.25) is 0 Å². The molecule has 0 aliphatic carbocycles. The van der Waals surface area contributed by atoms with Gasteiger partial charge in [0.2, 0.25) is 0 Å². The first-order valence-corrected chi connectivity index (χ1v) is 6.43. The fourth-order valence-corrected chi connectivity index (χ4v) is 0.653. The van der Waals surface area contributed by atoms with Crippen LogP contribution < -0.4 is 0 Å². The van der Waals surface area contributed by atoms with Gasteiger partial charge in [0.15, 0.2) is 0 Å². The molecule has 0 saturated heterocycles. The Morgan fingerprint density at radius 2 is 1.05 bits per heavy atom. The standard InChI is InChI=1S/C7H17N3.2C3H8O.Hf/c1-8-4-6-10(3)7-5-9-2;2*1-3(2)4;/h4-7H2,1-3H3;2*3-4H,1-2H3;/q-2;;;. The number of aliphatic hydroxyl groups excluding tert-OH is 2. The summed E-state index contributed by atoms with van der Waals surface area (Å²) in [7, 11) is 5.78. The maximum atomic E-state index is 8.06. The number of aliphatic hydroxyl groups is 2. The molecule has 6 heteroatoms. The first-order valence-electron chi connectivity index (χ1n) is 6.43. The molecule has 0 aromatic carbocycles. The van der Waals surface area contributed by atoms with Crippen LogP contribution in [-0.2, 0) is 25.8 Å². The number of nitrogens with zero attached hydrogens (tertiary/aromatic N) is 3. The molecule has 0 unspecified atom stereocenters. The van der Waals surface area contributed by atoms with Crippen molar-refractivity contribution in [2.24, 2.45) is 0 Å². The summed E-state index contributed by atoms with van der Waals surface area (Å²) in [5, 5.41) is 24.1. The summed E-state index contributed by atoms with van der Waals surface area (Å²) in [5.74, 6) is 0. The first kappa shape index (κ1) is 27.9. The van der Waals surface area contributed by atoms with Crippen molar-refractivity contribution in [3.05, 3.63) is 10.6 Å². The fourth-order valence-electron chi connectivity index (χ4n) is 0.653. The van der Waals surface area contributed by atoms with Gasteiger partial charge in [0.05, 0.1) is 0 Å². The number of hydrogen-bond donors (Lipinski definition) is 2. The van der Waals surface area contributed by atoms with E-state index >= 15 is 0 Å².